The van der Waals surface area contributed by atoms with Gasteiger partial charge in [0.1, 0.15) is 20.2 Å². The molecule has 0 saturated heterocycles. The van der Waals surface area contributed by atoms with E-state index in [1.807, 2.05) is 6.08 Å². The van der Waals surface area contributed by atoms with Crippen molar-refractivity contribution in [1.29, 1.82) is 0 Å². The molecule has 0 unspecified atom stereocenters. The molecule has 0 radical (unpaired) electrons. The van der Waals surface area contributed by atoms with Crippen molar-refractivity contribution in [2.24, 2.45) is 0 Å². The Hall–Kier alpha value is 0.134. The van der Waals surface area contributed by atoms with Crippen LogP contribution in [-0.4, -0.2) is 20.2 Å². The topological polar surface area (TPSA) is 9.23 Å². The van der Waals surface area contributed by atoms with Crippen molar-refractivity contribution in [3.63, 3.8) is 0 Å². The highest BCUT2D eigenvalue weighted by atomic mass is 28.3. The second-order valence-electron chi connectivity index (χ2n) is 3.90. The maximum absolute atomic E-state index is 5.28. The van der Waals surface area contributed by atoms with Crippen LogP contribution < -0.4 is 0 Å². The maximum Gasteiger partial charge on any atom is 0.145 e. The van der Waals surface area contributed by atoms with Gasteiger partial charge in [-0.3, -0.25) is 0 Å². The van der Waals surface area contributed by atoms with Crippen molar-refractivity contribution < 1.29 is 4.12 Å². The highest BCUT2D eigenvalue weighted by Crippen LogP contribution is 2.09. The number of hydrogen-bond acceptors (Lipinski definition) is 1. The molecule has 0 aromatic heterocycles. The van der Waals surface area contributed by atoms with Crippen LogP contribution in [-0.2, 0) is 4.12 Å². The van der Waals surface area contributed by atoms with E-state index in [-0.39, 0.29) is 9.76 Å². The van der Waals surface area contributed by atoms with E-state index >= 15 is 0 Å². The molecule has 3 heteroatoms. The summed E-state index contributed by atoms with van der Waals surface area (Å²) in [5.74, 6) is 0. The Balaban J connectivity index is 2.81. The van der Waals surface area contributed by atoms with Gasteiger partial charge < -0.3 is 4.12 Å². The molecule has 0 atom stereocenters. The highest BCUT2D eigenvalue weighted by molar-refractivity contribution is 6.34. The van der Waals surface area contributed by atoms with Crippen molar-refractivity contribution in [3.05, 3.63) is 12.7 Å². The molecule has 0 saturated carbocycles. The molecule has 14 heavy (non-hydrogen) atoms. The largest absolute Gasteiger partial charge is 0.468 e. The Morgan fingerprint density at radius 3 is 2.14 bits per heavy atom. The minimum Gasteiger partial charge on any atom is -0.468 e. The molecule has 84 valence electrons. The first-order valence-corrected chi connectivity index (χ1v) is 8.41. The van der Waals surface area contributed by atoms with Gasteiger partial charge in [0.15, 0.2) is 0 Å². The second kappa shape index (κ2) is 13.1. The highest BCUT2D eigenvalue weighted by Gasteiger charge is 1.91. The fourth-order valence-corrected chi connectivity index (χ4v) is 3.31. The van der Waals surface area contributed by atoms with Gasteiger partial charge in [-0.15, -0.1) is 6.58 Å². The molecule has 0 aromatic rings. The van der Waals surface area contributed by atoms with Crippen LogP contribution in [0.1, 0.15) is 51.4 Å². The number of rotatable bonds is 11. The normalized spacial score (nSPS) is 11.4. The number of hydrogen-bond donors (Lipinski definition) is 0. The summed E-state index contributed by atoms with van der Waals surface area (Å²) < 4.78 is 5.28. The SMILES string of the molecule is C=CCCCCCCCCC[SiH2]O[SiH3]. The van der Waals surface area contributed by atoms with E-state index in [1.54, 1.807) is 0 Å². The number of allylic oxidation sites excluding steroid dienone is 1. The smallest absolute Gasteiger partial charge is 0.145 e. The van der Waals surface area contributed by atoms with Crippen molar-refractivity contribution in [2.45, 2.75) is 57.4 Å². The predicted molar refractivity (Wildman–Crippen MR) is 71.5 cm³/mol. The van der Waals surface area contributed by atoms with E-state index in [4.69, 9.17) is 4.12 Å². The zero-order valence-electron chi connectivity index (χ0n) is 9.76. The van der Waals surface area contributed by atoms with Crippen LogP contribution in [0.5, 0.6) is 0 Å². The van der Waals surface area contributed by atoms with Gasteiger partial charge in [-0.2, -0.15) is 0 Å². The maximum atomic E-state index is 5.28. The van der Waals surface area contributed by atoms with Gasteiger partial charge in [0.25, 0.3) is 0 Å². The Morgan fingerprint density at radius 2 is 1.57 bits per heavy atom. The van der Waals surface area contributed by atoms with Gasteiger partial charge in [-0.1, -0.05) is 44.6 Å². The van der Waals surface area contributed by atoms with Gasteiger partial charge in [0, 0.05) is 0 Å². The molecule has 0 rings (SSSR count). The van der Waals surface area contributed by atoms with Gasteiger partial charge >= 0.3 is 0 Å². The fraction of sp³-hybridized carbons (Fsp3) is 0.818. The lowest BCUT2D eigenvalue weighted by atomic mass is 10.1. The van der Waals surface area contributed by atoms with E-state index in [0.717, 1.165) is 10.5 Å². The minimum atomic E-state index is -0.0784. The molecule has 0 amide bonds. The summed E-state index contributed by atoms with van der Waals surface area (Å²) in [4.78, 5) is 0. The van der Waals surface area contributed by atoms with E-state index < -0.39 is 0 Å². The molecule has 0 spiro atoms. The molecule has 0 fully saturated rings. The molecule has 0 aliphatic heterocycles. The molecule has 0 N–H and O–H groups in total. The van der Waals surface area contributed by atoms with Crippen molar-refractivity contribution in [2.75, 3.05) is 0 Å². The Morgan fingerprint density at radius 1 is 1.00 bits per heavy atom. The van der Waals surface area contributed by atoms with Crippen LogP contribution in [0.4, 0.5) is 0 Å². The first-order valence-electron chi connectivity index (χ1n) is 6.01. The zero-order valence-corrected chi connectivity index (χ0v) is 13.2. The van der Waals surface area contributed by atoms with Gasteiger partial charge in [0.2, 0.25) is 0 Å². The van der Waals surface area contributed by atoms with E-state index in [1.165, 1.54) is 57.4 Å². The lowest BCUT2D eigenvalue weighted by molar-refractivity contribution is 0.585. The second-order valence-corrected chi connectivity index (χ2v) is 7.32. The molecule has 0 aliphatic rings. The van der Waals surface area contributed by atoms with Crippen molar-refractivity contribution in [1.82, 2.24) is 0 Å². The summed E-state index contributed by atoms with van der Waals surface area (Å²) >= 11 is 0. The average molecular weight is 230 g/mol. The Kier molecular flexibility index (Phi) is 13.3. The van der Waals surface area contributed by atoms with Crippen LogP contribution in [0.2, 0.25) is 6.04 Å². The zero-order chi connectivity index (χ0) is 10.5. The quantitative estimate of drug-likeness (QED) is 0.300. The molecule has 0 heterocycles. The third-order valence-electron chi connectivity index (χ3n) is 2.51. The Labute approximate surface area is 94.8 Å². The third kappa shape index (κ3) is 12.1. The van der Waals surface area contributed by atoms with Gasteiger partial charge in [0.05, 0.1) is 0 Å². The number of unbranched alkanes of at least 4 members (excludes halogenated alkanes) is 7. The third-order valence-corrected chi connectivity index (χ3v) is 4.93. The molecule has 0 aromatic carbocycles. The Bertz CT molecular complexity index is 118. The average Bonchev–Trinajstić information content (AvgIpc) is 2.21. The predicted octanol–water partition coefficient (Wildman–Crippen LogP) is 2.09. The van der Waals surface area contributed by atoms with Crippen LogP contribution in [0.25, 0.3) is 0 Å². The van der Waals surface area contributed by atoms with E-state index in [2.05, 4.69) is 6.58 Å². The van der Waals surface area contributed by atoms with Crippen LogP contribution in [0, 0.1) is 0 Å². The van der Waals surface area contributed by atoms with Gasteiger partial charge in [-0.25, -0.2) is 0 Å². The van der Waals surface area contributed by atoms with Crippen molar-refractivity contribution >= 4 is 20.2 Å². The lowest BCUT2D eigenvalue weighted by Gasteiger charge is -2.01. The molecule has 0 aliphatic carbocycles. The van der Waals surface area contributed by atoms with Gasteiger partial charge in [-0.05, 0) is 18.9 Å². The molecular formula is C11H26OSi2. The molecule has 1 nitrogen and oxygen atoms in total. The summed E-state index contributed by atoms with van der Waals surface area (Å²) in [6.45, 7) is 3.73. The summed E-state index contributed by atoms with van der Waals surface area (Å²) in [5.41, 5.74) is 0. The lowest BCUT2D eigenvalue weighted by Crippen LogP contribution is -1.93. The standard InChI is InChI=1S/C11H26OSi2/c1-2-3-4-5-6-7-8-9-10-11-14-12-13/h2H,1,3-11,14H2,13H3. The summed E-state index contributed by atoms with van der Waals surface area (Å²) in [6, 6.07) is 1.40. The first-order chi connectivity index (χ1) is 6.91. The monoisotopic (exact) mass is 230 g/mol. The van der Waals surface area contributed by atoms with Crippen LogP contribution >= 0.6 is 0 Å². The van der Waals surface area contributed by atoms with Crippen molar-refractivity contribution in [3.8, 4) is 0 Å². The minimum absolute atomic E-state index is 0.0784. The summed E-state index contributed by atoms with van der Waals surface area (Å²) in [7, 11) is 0.885. The van der Waals surface area contributed by atoms with E-state index in [0.29, 0.717) is 0 Å². The van der Waals surface area contributed by atoms with E-state index in [9.17, 15) is 0 Å². The van der Waals surface area contributed by atoms with Crippen LogP contribution in [0.15, 0.2) is 12.7 Å². The first kappa shape index (κ1) is 14.1. The molecule has 0 bridgehead atoms. The van der Waals surface area contributed by atoms with Crippen LogP contribution in [0.3, 0.4) is 0 Å². The summed E-state index contributed by atoms with van der Waals surface area (Å²) in [6.07, 6.45) is 13.1. The fourth-order valence-electron chi connectivity index (χ4n) is 1.60. The summed E-state index contributed by atoms with van der Waals surface area (Å²) in [5, 5.41) is 0. The molecular weight excluding hydrogens is 204 g/mol.